The van der Waals surface area contributed by atoms with Crippen molar-refractivity contribution in [2.45, 2.75) is 19.3 Å². The highest BCUT2D eigenvalue weighted by atomic mass is 16.5. The lowest BCUT2D eigenvalue weighted by Gasteiger charge is -2.31. The molecule has 2 heterocycles. The van der Waals surface area contributed by atoms with E-state index in [0.29, 0.717) is 28.4 Å². The van der Waals surface area contributed by atoms with E-state index in [-0.39, 0.29) is 0 Å². The lowest BCUT2D eigenvalue weighted by Crippen LogP contribution is -2.32. The molecule has 0 radical (unpaired) electrons. The number of carbonyl (C=O) groups excluding carboxylic acids is 1. The Bertz CT molecular complexity index is 997. The van der Waals surface area contributed by atoms with Crippen LogP contribution in [0.15, 0.2) is 60.8 Å². The molecule has 0 unspecified atom stereocenters. The summed E-state index contributed by atoms with van der Waals surface area (Å²) in [6.45, 7) is 1.72. The number of ether oxygens (including phenoxy) is 1. The van der Waals surface area contributed by atoms with E-state index in [1.165, 1.54) is 6.42 Å². The van der Waals surface area contributed by atoms with Crippen molar-refractivity contribution in [3.8, 4) is 22.8 Å². The van der Waals surface area contributed by atoms with E-state index in [2.05, 4.69) is 9.88 Å². The van der Waals surface area contributed by atoms with Gasteiger partial charge in [-0.2, -0.15) is 0 Å². The number of nitrogens with zero attached hydrogens (tertiary/aromatic N) is 2. The minimum absolute atomic E-state index is 0.378. The zero-order chi connectivity index (χ0) is 20.2. The van der Waals surface area contributed by atoms with Crippen LogP contribution in [-0.4, -0.2) is 24.0 Å². The fraction of sp³-hybridized carbons (Fsp3) is 0.217. The number of amides is 1. The quantitative estimate of drug-likeness (QED) is 0.683. The van der Waals surface area contributed by atoms with E-state index in [4.69, 9.17) is 16.2 Å². The number of hydrogen-bond acceptors (Lipinski definition) is 5. The van der Waals surface area contributed by atoms with Gasteiger partial charge in [0.15, 0.2) is 0 Å². The second kappa shape index (κ2) is 8.22. The third-order valence-electron chi connectivity index (χ3n) is 5.11. The number of carbonyl (C=O) groups is 1. The number of pyridine rings is 1. The van der Waals surface area contributed by atoms with E-state index in [1.807, 2.05) is 54.6 Å². The van der Waals surface area contributed by atoms with Crippen LogP contribution in [0.1, 0.15) is 29.6 Å². The Morgan fingerprint density at radius 2 is 1.59 bits per heavy atom. The molecule has 3 aromatic rings. The fourth-order valence-electron chi connectivity index (χ4n) is 3.73. The summed E-state index contributed by atoms with van der Waals surface area (Å²) in [6, 6.07) is 17.0. The largest absolute Gasteiger partial charge is 0.457 e. The zero-order valence-corrected chi connectivity index (χ0v) is 16.2. The highest BCUT2D eigenvalue weighted by Crippen LogP contribution is 2.36. The van der Waals surface area contributed by atoms with Gasteiger partial charge in [0.2, 0.25) is 0 Å². The van der Waals surface area contributed by atoms with Crippen LogP contribution in [0.3, 0.4) is 0 Å². The van der Waals surface area contributed by atoms with Crippen LogP contribution < -0.4 is 21.1 Å². The summed E-state index contributed by atoms with van der Waals surface area (Å²) in [7, 11) is 0. The van der Waals surface area contributed by atoms with Gasteiger partial charge in [0, 0.05) is 18.7 Å². The van der Waals surface area contributed by atoms with Gasteiger partial charge in [0.05, 0.1) is 28.8 Å². The average molecular weight is 388 g/mol. The number of nitrogen functional groups attached to an aromatic ring is 1. The van der Waals surface area contributed by atoms with E-state index in [0.717, 1.165) is 37.2 Å². The minimum Gasteiger partial charge on any atom is -0.457 e. The number of aromatic nitrogens is 1. The summed E-state index contributed by atoms with van der Waals surface area (Å²) in [4.78, 5) is 19.0. The molecule has 0 aliphatic carbocycles. The smallest absolute Gasteiger partial charge is 0.253 e. The zero-order valence-electron chi connectivity index (χ0n) is 16.2. The van der Waals surface area contributed by atoms with Crippen molar-refractivity contribution in [3.05, 3.63) is 66.4 Å². The Morgan fingerprint density at radius 3 is 2.24 bits per heavy atom. The summed E-state index contributed by atoms with van der Waals surface area (Å²) in [5, 5.41) is 0. The van der Waals surface area contributed by atoms with Crippen molar-refractivity contribution in [1.82, 2.24) is 4.98 Å². The monoisotopic (exact) mass is 388 g/mol. The van der Waals surface area contributed by atoms with Crippen LogP contribution >= 0.6 is 0 Å². The van der Waals surface area contributed by atoms with Crippen molar-refractivity contribution in [1.29, 1.82) is 0 Å². The standard InChI is InChI=1S/C23H24N4O2/c24-19-15-26-21(20(23(25)28)22(19)27-13-5-2-6-14-27)16-9-11-18(12-10-16)29-17-7-3-1-4-8-17/h1,3-4,7-12,15H,2,5-6,13-14,24H2,(H2,25,28). The van der Waals surface area contributed by atoms with Gasteiger partial charge in [-0.3, -0.25) is 9.78 Å². The fourth-order valence-corrected chi connectivity index (χ4v) is 3.73. The van der Waals surface area contributed by atoms with Crippen molar-refractivity contribution in [2.75, 3.05) is 23.7 Å². The topological polar surface area (TPSA) is 94.5 Å². The van der Waals surface area contributed by atoms with Gasteiger partial charge < -0.3 is 21.1 Å². The summed E-state index contributed by atoms with van der Waals surface area (Å²) in [5.41, 5.74) is 14.9. The van der Waals surface area contributed by atoms with Gasteiger partial charge in [-0.1, -0.05) is 18.2 Å². The van der Waals surface area contributed by atoms with E-state index in [9.17, 15) is 4.79 Å². The predicted molar refractivity (Wildman–Crippen MR) is 115 cm³/mol. The van der Waals surface area contributed by atoms with E-state index >= 15 is 0 Å². The second-order valence-corrected chi connectivity index (χ2v) is 7.14. The molecule has 1 aliphatic heterocycles. The van der Waals surface area contributed by atoms with Crippen LogP contribution in [0.2, 0.25) is 0 Å². The number of para-hydroxylation sites is 1. The maximum atomic E-state index is 12.4. The second-order valence-electron chi connectivity index (χ2n) is 7.14. The first-order valence-electron chi connectivity index (χ1n) is 9.80. The Morgan fingerprint density at radius 1 is 0.931 bits per heavy atom. The maximum absolute atomic E-state index is 12.4. The number of anilines is 2. The normalized spacial score (nSPS) is 13.9. The molecular formula is C23H24N4O2. The van der Waals surface area contributed by atoms with Crippen molar-refractivity contribution in [3.63, 3.8) is 0 Å². The molecule has 6 nitrogen and oxygen atoms in total. The van der Waals surface area contributed by atoms with Gasteiger partial charge in [-0.25, -0.2) is 0 Å². The molecule has 2 aromatic carbocycles. The number of nitrogens with two attached hydrogens (primary N) is 2. The lowest BCUT2D eigenvalue weighted by atomic mass is 10.0. The van der Waals surface area contributed by atoms with Gasteiger partial charge in [0.1, 0.15) is 11.5 Å². The van der Waals surface area contributed by atoms with Crippen LogP contribution in [0.25, 0.3) is 11.3 Å². The predicted octanol–water partition coefficient (Wildman–Crippen LogP) is 4.21. The molecule has 148 valence electrons. The van der Waals surface area contributed by atoms with Gasteiger partial charge in [0.25, 0.3) is 5.91 Å². The highest BCUT2D eigenvalue weighted by Gasteiger charge is 2.24. The molecule has 1 aromatic heterocycles. The molecule has 4 N–H and O–H groups in total. The lowest BCUT2D eigenvalue weighted by molar-refractivity contribution is 0.100. The van der Waals surface area contributed by atoms with E-state index in [1.54, 1.807) is 6.20 Å². The van der Waals surface area contributed by atoms with Crippen molar-refractivity contribution in [2.24, 2.45) is 5.73 Å². The number of benzene rings is 2. The highest BCUT2D eigenvalue weighted by molar-refractivity contribution is 6.06. The molecule has 1 amide bonds. The molecule has 4 rings (SSSR count). The Kier molecular flexibility index (Phi) is 5.33. The molecule has 0 spiro atoms. The molecule has 1 aliphatic rings. The SMILES string of the molecule is NC(=O)c1c(-c2ccc(Oc3ccccc3)cc2)ncc(N)c1N1CCCCC1. The molecular weight excluding hydrogens is 364 g/mol. The number of piperidine rings is 1. The minimum atomic E-state index is -0.523. The number of rotatable bonds is 5. The van der Waals surface area contributed by atoms with Crippen LogP contribution in [-0.2, 0) is 0 Å². The summed E-state index contributed by atoms with van der Waals surface area (Å²) >= 11 is 0. The summed E-state index contributed by atoms with van der Waals surface area (Å²) < 4.78 is 5.84. The van der Waals surface area contributed by atoms with Crippen molar-refractivity contribution < 1.29 is 9.53 Å². The van der Waals surface area contributed by atoms with E-state index < -0.39 is 5.91 Å². The van der Waals surface area contributed by atoms with Gasteiger partial charge in [-0.05, 0) is 55.7 Å². The molecule has 1 saturated heterocycles. The average Bonchev–Trinajstić information content (AvgIpc) is 2.75. The summed E-state index contributed by atoms with van der Waals surface area (Å²) in [6.07, 6.45) is 4.94. The Hall–Kier alpha value is -3.54. The van der Waals surface area contributed by atoms with Crippen molar-refractivity contribution >= 4 is 17.3 Å². The third-order valence-corrected chi connectivity index (χ3v) is 5.11. The molecule has 6 heteroatoms. The maximum Gasteiger partial charge on any atom is 0.253 e. The Balaban J connectivity index is 1.70. The molecule has 1 fully saturated rings. The molecule has 29 heavy (non-hydrogen) atoms. The first kappa shape index (κ1) is 18.8. The first-order valence-corrected chi connectivity index (χ1v) is 9.80. The van der Waals surface area contributed by atoms with Gasteiger partial charge >= 0.3 is 0 Å². The molecule has 0 atom stereocenters. The molecule has 0 saturated carbocycles. The first-order chi connectivity index (χ1) is 14.1. The number of primary amides is 1. The third kappa shape index (κ3) is 4.01. The number of hydrogen-bond donors (Lipinski definition) is 2. The Labute approximate surface area is 170 Å². The molecule has 0 bridgehead atoms. The summed E-state index contributed by atoms with van der Waals surface area (Å²) in [5.74, 6) is 0.938. The van der Waals surface area contributed by atoms with Gasteiger partial charge in [-0.15, -0.1) is 0 Å². The van der Waals surface area contributed by atoms with Crippen LogP contribution in [0.4, 0.5) is 11.4 Å². The van der Waals surface area contributed by atoms with Crippen LogP contribution in [0.5, 0.6) is 11.5 Å². The van der Waals surface area contributed by atoms with Crippen LogP contribution in [0, 0.1) is 0 Å².